The SMILES string of the molecule is Cc1ccc(N2C(=O)/C(=C/c3cccn3-c3ccc(F)cc3)C(=O)NC2=S)cc1Cl. The third-order valence-corrected chi connectivity index (χ3v) is 5.38. The molecular formula is C22H15ClFN3O2S. The van der Waals surface area contributed by atoms with Crippen molar-refractivity contribution in [3.05, 3.63) is 88.5 Å². The number of aryl methyl sites for hydroxylation is 1. The van der Waals surface area contributed by atoms with Gasteiger partial charge in [0.15, 0.2) is 5.11 Å². The Balaban J connectivity index is 1.74. The van der Waals surface area contributed by atoms with E-state index in [4.69, 9.17) is 23.8 Å². The van der Waals surface area contributed by atoms with Crippen molar-refractivity contribution in [3.63, 3.8) is 0 Å². The fourth-order valence-corrected chi connectivity index (χ4v) is 3.57. The third kappa shape index (κ3) is 3.65. The molecule has 2 heterocycles. The molecule has 0 radical (unpaired) electrons. The number of carbonyl (C=O) groups is 2. The first-order valence-corrected chi connectivity index (χ1v) is 9.74. The van der Waals surface area contributed by atoms with E-state index in [9.17, 15) is 14.0 Å². The summed E-state index contributed by atoms with van der Waals surface area (Å²) in [4.78, 5) is 26.9. The van der Waals surface area contributed by atoms with E-state index in [0.717, 1.165) is 5.56 Å². The molecule has 150 valence electrons. The van der Waals surface area contributed by atoms with Crippen LogP contribution in [0, 0.1) is 12.7 Å². The minimum Gasteiger partial charge on any atom is -0.317 e. The highest BCUT2D eigenvalue weighted by Gasteiger charge is 2.34. The van der Waals surface area contributed by atoms with Gasteiger partial charge >= 0.3 is 0 Å². The molecule has 5 nitrogen and oxygen atoms in total. The molecule has 0 spiro atoms. The van der Waals surface area contributed by atoms with Crippen molar-refractivity contribution in [2.75, 3.05) is 4.90 Å². The Kier molecular flexibility index (Phi) is 5.24. The van der Waals surface area contributed by atoms with Crippen LogP contribution in [0.2, 0.25) is 5.02 Å². The van der Waals surface area contributed by atoms with Gasteiger partial charge in [-0.3, -0.25) is 19.8 Å². The Morgan fingerprint density at radius 3 is 2.47 bits per heavy atom. The van der Waals surface area contributed by atoms with Crippen molar-refractivity contribution in [2.24, 2.45) is 0 Å². The van der Waals surface area contributed by atoms with E-state index in [-0.39, 0.29) is 16.5 Å². The number of benzene rings is 2. The molecule has 0 atom stereocenters. The smallest absolute Gasteiger partial charge is 0.270 e. The fourth-order valence-electron chi connectivity index (χ4n) is 3.11. The summed E-state index contributed by atoms with van der Waals surface area (Å²) >= 11 is 11.4. The molecule has 30 heavy (non-hydrogen) atoms. The highest BCUT2D eigenvalue weighted by Crippen LogP contribution is 2.27. The van der Waals surface area contributed by atoms with Gasteiger partial charge in [0.05, 0.1) is 5.69 Å². The number of carbonyl (C=O) groups excluding carboxylic acids is 2. The van der Waals surface area contributed by atoms with Crippen molar-refractivity contribution in [1.29, 1.82) is 0 Å². The van der Waals surface area contributed by atoms with E-state index in [0.29, 0.717) is 22.1 Å². The van der Waals surface area contributed by atoms with Crippen molar-refractivity contribution in [1.82, 2.24) is 9.88 Å². The first kappa shape index (κ1) is 20.0. The number of hydrogen-bond donors (Lipinski definition) is 1. The number of nitrogens with zero attached hydrogens (tertiary/aromatic N) is 2. The molecular weight excluding hydrogens is 425 g/mol. The number of aromatic nitrogens is 1. The van der Waals surface area contributed by atoms with E-state index in [2.05, 4.69) is 5.32 Å². The average molecular weight is 440 g/mol. The molecule has 0 aliphatic carbocycles. The number of amides is 2. The lowest BCUT2D eigenvalue weighted by Crippen LogP contribution is -2.54. The molecule has 1 saturated heterocycles. The van der Waals surface area contributed by atoms with Gasteiger partial charge in [0.2, 0.25) is 0 Å². The first-order valence-electron chi connectivity index (χ1n) is 8.96. The Labute approximate surface area is 182 Å². The fraction of sp³-hybridized carbons (Fsp3) is 0.0455. The highest BCUT2D eigenvalue weighted by atomic mass is 35.5. The lowest BCUT2D eigenvalue weighted by molar-refractivity contribution is -0.122. The molecule has 1 N–H and O–H groups in total. The van der Waals surface area contributed by atoms with Gasteiger partial charge in [0, 0.05) is 22.6 Å². The van der Waals surface area contributed by atoms with Crippen molar-refractivity contribution >= 4 is 52.5 Å². The van der Waals surface area contributed by atoms with Crippen molar-refractivity contribution < 1.29 is 14.0 Å². The Hall–Kier alpha value is -3.29. The van der Waals surface area contributed by atoms with Gasteiger partial charge in [-0.1, -0.05) is 17.7 Å². The summed E-state index contributed by atoms with van der Waals surface area (Å²) in [5.41, 5.74) is 2.50. The summed E-state index contributed by atoms with van der Waals surface area (Å²) in [6.07, 6.45) is 3.23. The average Bonchev–Trinajstić information content (AvgIpc) is 3.16. The zero-order valence-corrected chi connectivity index (χ0v) is 17.3. The van der Waals surface area contributed by atoms with Gasteiger partial charge in [-0.25, -0.2) is 4.39 Å². The van der Waals surface area contributed by atoms with E-state index in [1.165, 1.54) is 23.1 Å². The zero-order valence-electron chi connectivity index (χ0n) is 15.7. The van der Waals surface area contributed by atoms with Gasteiger partial charge < -0.3 is 4.57 Å². The third-order valence-electron chi connectivity index (χ3n) is 4.69. The van der Waals surface area contributed by atoms with Gasteiger partial charge in [-0.15, -0.1) is 0 Å². The van der Waals surface area contributed by atoms with Gasteiger partial charge in [-0.05, 0) is 79.3 Å². The predicted molar refractivity (Wildman–Crippen MR) is 118 cm³/mol. The number of halogens is 2. The summed E-state index contributed by atoms with van der Waals surface area (Å²) in [6, 6.07) is 14.5. The van der Waals surface area contributed by atoms with Crippen LogP contribution in [0.5, 0.6) is 0 Å². The standard InChI is InChI=1S/C22H15ClFN3O2S/c1-13-4-7-17(12-19(13)23)27-21(29)18(20(28)25-22(27)30)11-16-3-2-10-26(16)15-8-5-14(24)6-9-15/h2-12H,1H3,(H,25,28,30)/b18-11+. The number of anilines is 1. The van der Waals surface area contributed by atoms with Crippen LogP contribution in [0.1, 0.15) is 11.3 Å². The van der Waals surface area contributed by atoms with Crippen LogP contribution in [0.15, 0.2) is 66.4 Å². The van der Waals surface area contributed by atoms with Crippen molar-refractivity contribution in [2.45, 2.75) is 6.92 Å². The summed E-state index contributed by atoms with van der Waals surface area (Å²) in [5.74, 6) is -1.50. The predicted octanol–water partition coefficient (Wildman–Crippen LogP) is 4.41. The van der Waals surface area contributed by atoms with E-state index < -0.39 is 11.8 Å². The molecule has 0 bridgehead atoms. The first-order chi connectivity index (χ1) is 14.3. The van der Waals surface area contributed by atoms with Crippen LogP contribution in [0.4, 0.5) is 10.1 Å². The lowest BCUT2D eigenvalue weighted by Gasteiger charge is -2.29. The molecule has 8 heteroatoms. The summed E-state index contributed by atoms with van der Waals surface area (Å²) < 4.78 is 15.0. The second-order valence-corrected chi connectivity index (χ2v) is 7.46. The normalized spacial score (nSPS) is 15.6. The molecule has 1 aliphatic heterocycles. The number of nitrogens with one attached hydrogen (secondary N) is 1. The molecule has 0 saturated carbocycles. The van der Waals surface area contributed by atoms with E-state index >= 15 is 0 Å². The largest absolute Gasteiger partial charge is 0.317 e. The number of hydrogen-bond acceptors (Lipinski definition) is 3. The van der Waals surface area contributed by atoms with Crippen LogP contribution in [0.3, 0.4) is 0 Å². The van der Waals surface area contributed by atoms with Crippen LogP contribution in [-0.4, -0.2) is 21.5 Å². The Bertz CT molecular complexity index is 1220. The van der Waals surface area contributed by atoms with Crippen LogP contribution in [-0.2, 0) is 9.59 Å². The summed E-state index contributed by atoms with van der Waals surface area (Å²) in [7, 11) is 0. The minimum atomic E-state index is -0.591. The monoisotopic (exact) mass is 439 g/mol. The van der Waals surface area contributed by atoms with Gasteiger partial charge in [0.1, 0.15) is 11.4 Å². The highest BCUT2D eigenvalue weighted by molar-refractivity contribution is 7.80. The molecule has 1 fully saturated rings. The Morgan fingerprint density at radius 2 is 1.77 bits per heavy atom. The second-order valence-electron chi connectivity index (χ2n) is 6.67. The van der Waals surface area contributed by atoms with Crippen LogP contribution in [0.25, 0.3) is 11.8 Å². The molecule has 3 aromatic rings. The maximum Gasteiger partial charge on any atom is 0.270 e. The molecule has 1 aromatic heterocycles. The maximum atomic E-state index is 13.3. The Morgan fingerprint density at radius 1 is 1.07 bits per heavy atom. The summed E-state index contributed by atoms with van der Waals surface area (Å²) in [5, 5.41) is 3.01. The molecule has 2 amide bonds. The van der Waals surface area contributed by atoms with E-state index in [1.54, 1.807) is 53.2 Å². The van der Waals surface area contributed by atoms with Crippen molar-refractivity contribution in [3.8, 4) is 5.69 Å². The molecule has 2 aromatic carbocycles. The number of thiocarbonyl (C=S) groups is 1. The second kappa shape index (κ2) is 7.85. The molecule has 0 unspecified atom stereocenters. The number of rotatable bonds is 3. The lowest BCUT2D eigenvalue weighted by atomic mass is 10.1. The molecule has 1 aliphatic rings. The van der Waals surface area contributed by atoms with Crippen LogP contribution >= 0.6 is 23.8 Å². The summed E-state index contributed by atoms with van der Waals surface area (Å²) in [6.45, 7) is 1.85. The minimum absolute atomic E-state index is 0.0176. The molecule has 4 rings (SSSR count). The quantitative estimate of drug-likeness (QED) is 0.373. The van der Waals surface area contributed by atoms with Crippen LogP contribution < -0.4 is 10.2 Å². The topological polar surface area (TPSA) is 54.3 Å². The zero-order chi connectivity index (χ0) is 21.4. The van der Waals surface area contributed by atoms with Gasteiger partial charge in [0.25, 0.3) is 11.8 Å². The van der Waals surface area contributed by atoms with Gasteiger partial charge in [-0.2, -0.15) is 0 Å². The maximum absolute atomic E-state index is 13.3. The van der Waals surface area contributed by atoms with E-state index in [1.807, 2.05) is 6.92 Å².